The van der Waals surface area contributed by atoms with Crippen LogP contribution < -0.4 is 4.74 Å². The summed E-state index contributed by atoms with van der Waals surface area (Å²) in [6.45, 7) is 3.83. The van der Waals surface area contributed by atoms with Crippen LogP contribution in [0, 0.1) is 0 Å². The second kappa shape index (κ2) is 6.86. The van der Waals surface area contributed by atoms with Gasteiger partial charge in [-0.15, -0.1) is 0 Å². The van der Waals surface area contributed by atoms with Gasteiger partial charge < -0.3 is 9.84 Å². The third-order valence-corrected chi connectivity index (χ3v) is 2.28. The number of hydrogen-bond acceptors (Lipinski definition) is 3. The Bertz CT molecular complexity index is 379. The minimum atomic E-state index is -1.43. The number of aliphatic hydroxyl groups excluding tert-OH is 1. The largest absolute Gasteiger partial charge is 0.457 e. The molecule has 0 fully saturated rings. The first-order valence-electron chi connectivity index (χ1n) is 5.77. The highest BCUT2D eigenvalue weighted by molar-refractivity contribution is 5.92. The summed E-state index contributed by atoms with van der Waals surface area (Å²) in [5.74, 6) is 0.0420. The Kier molecular flexibility index (Phi) is 5.43. The zero-order valence-electron chi connectivity index (χ0n) is 10.2. The normalized spacial score (nSPS) is 12.6. The molecule has 17 heavy (non-hydrogen) atoms. The molecule has 1 aromatic carbocycles. The van der Waals surface area contributed by atoms with E-state index in [1.165, 1.54) is 11.6 Å². The molecule has 0 radical (unpaired) electrons. The van der Waals surface area contributed by atoms with E-state index in [1.54, 1.807) is 25.1 Å². The van der Waals surface area contributed by atoms with Gasteiger partial charge in [0.25, 0.3) is 6.29 Å². The maximum absolute atomic E-state index is 11.3. The van der Waals surface area contributed by atoms with E-state index in [2.05, 4.69) is 6.92 Å². The van der Waals surface area contributed by atoms with Crippen LogP contribution in [0.5, 0.6) is 5.75 Å². The number of benzene rings is 1. The van der Waals surface area contributed by atoms with Gasteiger partial charge in [0.1, 0.15) is 5.75 Å². The second-order valence-corrected chi connectivity index (χ2v) is 3.77. The molecular formula is C14H18O3. The molecule has 1 rings (SSSR count). The minimum absolute atomic E-state index is 0.454. The topological polar surface area (TPSA) is 46.5 Å². The van der Waals surface area contributed by atoms with E-state index >= 15 is 0 Å². The summed E-state index contributed by atoms with van der Waals surface area (Å²) in [5.41, 5.74) is 1.22. The highest BCUT2D eigenvalue weighted by Crippen LogP contribution is 2.14. The summed E-state index contributed by atoms with van der Waals surface area (Å²) in [6, 6.07) is 7.39. The van der Waals surface area contributed by atoms with E-state index in [9.17, 15) is 9.90 Å². The Labute approximate surface area is 102 Å². The highest BCUT2D eigenvalue weighted by atomic mass is 16.6. The van der Waals surface area contributed by atoms with Gasteiger partial charge in [-0.2, -0.15) is 0 Å². The van der Waals surface area contributed by atoms with Crippen LogP contribution >= 0.6 is 0 Å². The summed E-state index contributed by atoms with van der Waals surface area (Å²) >= 11 is 0. The van der Waals surface area contributed by atoms with Gasteiger partial charge in [-0.3, -0.25) is 4.79 Å². The molecule has 0 saturated carbocycles. The highest BCUT2D eigenvalue weighted by Gasteiger charge is 2.13. The maximum Gasteiger partial charge on any atom is 0.261 e. The predicted octanol–water partition coefficient (Wildman–Crippen LogP) is 2.48. The SMILES string of the molecule is CC=CC(=O)C(O)Oc1ccc(CCC)cc1. The van der Waals surface area contributed by atoms with Crippen LogP contribution in [0.1, 0.15) is 25.8 Å². The molecule has 3 nitrogen and oxygen atoms in total. The lowest BCUT2D eigenvalue weighted by Gasteiger charge is -2.10. The average molecular weight is 234 g/mol. The van der Waals surface area contributed by atoms with Gasteiger partial charge in [0, 0.05) is 0 Å². The molecule has 1 atom stereocenters. The molecule has 1 N–H and O–H groups in total. The lowest BCUT2D eigenvalue weighted by Crippen LogP contribution is -2.24. The minimum Gasteiger partial charge on any atom is -0.457 e. The molecule has 0 aliphatic carbocycles. The Morgan fingerprint density at radius 3 is 2.59 bits per heavy atom. The van der Waals surface area contributed by atoms with Crippen LogP contribution in [0.25, 0.3) is 0 Å². The van der Waals surface area contributed by atoms with Crippen molar-refractivity contribution in [1.29, 1.82) is 0 Å². The molecule has 1 aromatic rings. The van der Waals surface area contributed by atoms with E-state index in [1.807, 2.05) is 12.1 Å². The van der Waals surface area contributed by atoms with Crippen molar-refractivity contribution in [2.75, 3.05) is 0 Å². The van der Waals surface area contributed by atoms with Gasteiger partial charge in [-0.05, 0) is 37.1 Å². The third kappa shape index (κ3) is 4.41. The lowest BCUT2D eigenvalue weighted by atomic mass is 10.1. The second-order valence-electron chi connectivity index (χ2n) is 3.77. The molecule has 1 unspecified atom stereocenters. The van der Waals surface area contributed by atoms with Crippen LogP contribution in [0.15, 0.2) is 36.4 Å². The molecule has 0 bridgehead atoms. The molecule has 0 aromatic heterocycles. The van der Waals surface area contributed by atoms with Crippen molar-refractivity contribution < 1.29 is 14.6 Å². The van der Waals surface area contributed by atoms with Crippen molar-refractivity contribution in [2.45, 2.75) is 33.0 Å². The van der Waals surface area contributed by atoms with Crippen molar-refractivity contribution in [3.05, 3.63) is 42.0 Å². The van der Waals surface area contributed by atoms with Crippen LogP contribution in [0.2, 0.25) is 0 Å². The number of aliphatic hydroxyl groups is 1. The Morgan fingerprint density at radius 2 is 2.06 bits per heavy atom. The lowest BCUT2D eigenvalue weighted by molar-refractivity contribution is -0.135. The van der Waals surface area contributed by atoms with Gasteiger partial charge >= 0.3 is 0 Å². The van der Waals surface area contributed by atoms with Crippen molar-refractivity contribution in [3.63, 3.8) is 0 Å². The first-order valence-corrected chi connectivity index (χ1v) is 5.77. The molecule has 0 amide bonds. The zero-order valence-corrected chi connectivity index (χ0v) is 10.2. The van der Waals surface area contributed by atoms with E-state index in [4.69, 9.17) is 4.74 Å². The smallest absolute Gasteiger partial charge is 0.261 e. The average Bonchev–Trinajstić information content (AvgIpc) is 2.32. The number of rotatable bonds is 6. The van der Waals surface area contributed by atoms with E-state index in [-0.39, 0.29) is 0 Å². The van der Waals surface area contributed by atoms with Gasteiger partial charge in [0.2, 0.25) is 5.78 Å². The molecule has 0 aliphatic rings. The fourth-order valence-electron chi connectivity index (χ4n) is 1.46. The number of carbonyl (C=O) groups excluding carboxylic acids is 1. The summed E-state index contributed by atoms with van der Waals surface area (Å²) < 4.78 is 5.12. The first-order chi connectivity index (χ1) is 8.17. The molecule has 92 valence electrons. The van der Waals surface area contributed by atoms with Crippen LogP contribution in [0.4, 0.5) is 0 Å². The number of ether oxygens (including phenoxy) is 1. The summed E-state index contributed by atoms with van der Waals surface area (Å²) in [4.78, 5) is 11.3. The fraction of sp³-hybridized carbons (Fsp3) is 0.357. The van der Waals surface area contributed by atoms with Gasteiger partial charge in [0.15, 0.2) is 0 Å². The summed E-state index contributed by atoms with van der Waals surface area (Å²) in [6.07, 6.45) is 3.53. The number of carbonyl (C=O) groups is 1. The number of hydrogen-bond donors (Lipinski definition) is 1. The Hall–Kier alpha value is -1.61. The summed E-state index contributed by atoms with van der Waals surface area (Å²) in [5, 5.41) is 9.45. The molecule has 0 heterocycles. The van der Waals surface area contributed by atoms with Gasteiger partial charge in [-0.25, -0.2) is 0 Å². The van der Waals surface area contributed by atoms with Crippen molar-refractivity contribution in [1.82, 2.24) is 0 Å². The van der Waals surface area contributed by atoms with Crippen molar-refractivity contribution >= 4 is 5.78 Å². The molecule has 0 aliphatic heterocycles. The Morgan fingerprint density at radius 1 is 1.41 bits per heavy atom. The number of allylic oxidation sites excluding steroid dienone is 1. The van der Waals surface area contributed by atoms with Gasteiger partial charge in [0.05, 0.1) is 0 Å². The maximum atomic E-state index is 11.3. The standard InChI is InChI=1S/C14H18O3/c1-3-5-11-7-9-12(10-8-11)17-14(16)13(15)6-4-2/h4,6-10,14,16H,3,5H2,1-2H3. The van der Waals surface area contributed by atoms with Gasteiger partial charge in [-0.1, -0.05) is 31.6 Å². The molecule has 0 spiro atoms. The van der Waals surface area contributed by atoms with Crippen molar-refractivity contribution in [3.8, 4) is 5.75 Å². The van der Waals surface area contributed by atoms with E-state index in [0.29, 0.717) is 5.75 Å². The number of ketones is 1. The summed E-state index contributed by atoms with van der Waals surface area (Å²) in [7, 11) is 0. The Balaban J connectivity index is 2.59. The molecule has 0 saturated heterocycles. The fourth-order valence-corrected chi connectivity index (χ4v) is 1.46. The zero-order chi connectivity index (χ0) is 12.7. The van der Waals surface area contributed by atoms with Crippen LogP contribution in [-0.2, 0) is 11.2 Å². The van der Waals surface area contributed by atoms with Crippen molar-refractivity contribution in [2.24, 2.45) is 0 Å². The quantitative estimate of drug-likeness (QED) is 0.607. The molecular weight excluding hydrogens is 216 g/mol. The predicted molar refractivity (Wildman–Crippen MR) is 66.9 cm³/mol. The van der Waals surface area contributed by atoms with E-state index in [0.717, 1.165) is 12.8 Å². The van der Waals surface area contributed by atoms with Crippen LogP contribution in [-0.4, -0.2) is 17.2 Å². The van der Waals surface area contributed by atoms with E-state index < -0.39 is 12.1 Å². The first kappa shape index (κ1) is 13.5. The number of aryl methyl sites for hydroxylation is 1. The monoisotopic (exact) mass is 234 g/mol. The van der Waals surface area contributed by atoms with Crippen LogP contribution in [0.3, 0.4) is 0 Å². The third-order valence-electron chi connectivity index (χ3n) is 2.28. The molecule has 3 heteroatoms.